The summed E-state index contributed by atoms with van der Waals surface area (Å²) in [5, 5.41) is 0. The van der Waals surface area contributed by atoms with Crippen LogP contribution in [0.15, 0.2) is 0 Å². The molecule has 0 rings (SSSR count). The number of alkyl halides is 78. The molecule has 0 radical (unpaired) electrons. The average molecular weight is 2160 g/mol. The largest absolute Gasteiger partial charge is 0.462 e. The molecule has 0 aromatic rings. The summed E-state index contributed by atoms with van der Waals surface area (Å²) < 4.78 is 1070. The molecule has 0 aliphatic rings. The zero-order valence-corrected chi connectivity index (χ0v) is 54.8. The van der Waals surface area contributed by atoms with Crippen LogP contribution in [0.25, 0.3) is 0 Å². The Morgan fingerprint density at radius 1 is 0.101 bits per heavy atom. The molecule has 0 saturated heterocycles. The molecule has 0 saturated carbocycles. The standard InChI is InChI=1S/C39H2ClF77O12/c40-1-2(41,42)16(70,71)118-18(74,75)4(45,46)20(78,79)120-22(82,83)6(49,50)24(86,87)122-26(90,91)8(53,54)28(94,95)124-30(98,99)10(57,58)32(102,103)126-34(106,107)12(61,62)36(110,111)128-38(114,115)14(65,66)39(116,117)129-37(112,113)13(63,64)35(108,109)127-33(104,105)11(59,60)31(100,101)125-29(96,97)9(55,56)27(92,93)123-25(88,89)7(51,52)23(84,85)121-21(80,81)5(47,48)19(76,77)119-17(72,73)3(43,44)15(67,68)69/h1H2. The highest BCUT2D eigenvalue weighted by Crippen LogP contribution is 2.67. The maximum Gasteiger partial charge on any atom is 0.462 e. The lowest BCUT2D eigenvalue weighted by Gasteiger charge is -2.41. The van der Waals surface area contributed by atoms with Gasteiger partial charge in [0.25, 0.3) is 0 Å². The predicted octanol–water partition coefficient (Wildman–Crippen LogP) is 24.5. The summed E-state index contributed by atoms with van der Waals surface area (Å²) in [6, 6.07) is 0. The number of halogens is 78. The molecule has 776 valence electrons. The Hall–Kier alpha value is -5.58. The summed E-state index contributed by atoms with van der Waals surface area (Å²) in [5.74, 6) is -125. The number of rotatable bonds is 49. The lowest BCUT2D eigenvalue weighted by Crippen LogP contribution is -2.69. The van der Waals surface area contributed by atoms with Gasteiger partial charge in [0.2, 0.25) is 0 Å². The molecule has 0 spiro atoms. The summed E-state index contributed by atoms with van der Waals surface area (Å²) in [5.41, 5.74) is 0. The van der Waals surface area contributed by atoms with Crippen LogP contribution in [0.2, 0.25) is 0 Å². The highest BCUT2D eigenvalue weighted by Gasteiger charge is 2.95. The summed E-state index contributed by atoms with van der Waals surface area (Å²) in [7, 11) is 0. The van der Waals surface area contributed by atoms with Gasteiger partial charge in [-0.05, 0) is 0 Å². The predicted molar refractivity (Wildman–Crippen MR) is 213 cm³/mol. The van der Waals surface area contributed by atoms with Crippen LogP contribution in [-0.2, 0) is 56.8 Å². The van der Waals surface area contributed by atoms with Crippen molar-refractivity contribution in [3.8, 4) is 0 Å². The number of hydrogen-bond donors (Lipinski definition) is 0. The molecule has 0 aliphatic heterocycles. The Labute approximate surface area is 643 Å². The zero-order valence-electron chi connectivity index (χ0n) is 54.1. The minimum absolute atomic E-state index is 0.369. The van der Waals surface area contributed by atoms with E-state index in [0.29, 0.717) is 52.1 Å². The van der Waals surface area contributed by atoms with Crippen LogP contribution >= 0.6 is 11.6 Å². The fourth-order valence-corrected chi connectivity index (χ4v) is 5.74. The van der Waals surface area contributed by atoms with E-state index in [1.54, 1.807) is 0 Å². The molecule has 0 fully saturated rings. The van der Waals surface area contributed by atoms with Gasteiger partial charge in [-0.2, -0.15) is 338 Å². The van der Waals surface area contributed by atoms with Crippen molar-refractivity contribution in [1.82, 2.24) is 0 Å². The van der Waals surface area contributed by atoms with Gasteiger partial charge in [0.05, 0.1) is 5.88 Å². The molecule has 0 aromatic heterocycles. The molecular formula is C39H2ClF77O12. The van der Waals surface area contributed by atoms with E-state index in [4.69, 9.17) is 0 Å². The molecular weight excluding hydrogens is 2160 g/mol. The maximum atomic E-state index is 14.1. The molecule has 0 heterocycles. The van der Waals surface area contributed by atoms with E-state index in [2.05, 4.69) is 11.6 Å². The monoisotopic (exact) mass is 2160 g/mol. The molecule has 0 N–H and O–H groups in total. The quantitative estimate of drug-likeness (QED) is 0.0427. The lowest BCUT2D eigenvalue weighted by molar-refractivity contribution is -0.578. The zero-order chi connectivity index (χ0) is 106. The van der Waals surface area contributed by atoms with Crippen molar-refractivity contribution in [2.24, 2.45) is 0 Å². The first-order chi connectivity index (χ1) is 54.3. The molecule has 0 bridgehead atoms. The van der Waals surface area contributed by atoms with Gasteiger partial charge in [0.1, 0.15) is 0 Å². The first-order valence-electron chi connectivity index (χ1n) is 26.3. The summed E-state index contributed by atoms with van der Waals surface area (Å²) in [4.78, 5) is 0. The van der Waals surface area contributed by atoms with Gasteiger partial charge in [0.15, 0.2) is 0 Å². The Balaban J connectivity index is 7.35. The fraction of sp³-hybridized carbons (Fsp3) is 1.00. The van der Waals surface area contributed by atoms with Gasteiger partial charge < -0.3 is 0 Å². The van der Waals surface area contributed by atoms with Crippen molar-refractivity contribution in [3.63, 3.8) is 0 Å². The minimum atomic E-state index is -9.95. The third-order valence-electron chi connectivity index (χ3n) is 12.4. The topological polar surface area (TPSA) is 111 Å². The Morgan fingerprint density at radius 3 is 0.225 bits per heavy atom. The van der Waals surface area contributed by atoms with Crippen LogP contribution in [0.1, 0.15) is 0 Å². The number of ether oxygens (including phenoxy) is 12. The highest BCUT2D eigenvalue weighted by atomic mass is 35.5. The van der Waals surface area contributed by atoms with E-state index in [1.165, 1.54) is 4.74 Å². The SMILES string of the molecule is FC(F)(F)C(F)(F)C(F)(F)OC(F)(F)C(F)(F)C(F)(F)OC(F)(F)C(F)(F)C(F)(F)OC(F)(F)C(F)(F)C(F)(F)OC(F)(F)C(F)(F)C(F)(F)OC(F)(F)C(F)(F)C(F)(F)OC(F)(F)C(F)(F)C(F)(F)OC(F)(F)C(F)(F)C(F)(F)OC(F)(F)C(F)(F)C(F)(F)OC(F)(F)C(F)(F)C(F)(F)OC(F)(F)C(F)(F)C(F)(F)OC(F)(F)C(F)(F)C(F)(F)OC(F)(F)C(F)(F)CCl. The van der Waals surface area contributed by atoms with E-state index in [0.717, 1.165) is 0 Å². The second-order valence-electron chi connectivity index (χ2n) is 21.9. The maximum absolute atomic E-state index is 14.1. The van der Waals surface area contributed by atoms with E-state index < -0.39 is 236 Å². The van der Waals surface area contributed by atoms with Gasteiger partial charge >= 0.3 is 230 Å². The van der Waals surface area contributed by atoms with Crippen molar-refractivity contribution < 1.29 is 395 Å². The Bertz CT molecular complexity index is 3710. The van der Waals surface area contributed by atoms with Crippen molar-refractivity contribution in [3.05, 3.63) is 0 Å². The van der Waals surface area contributed by atoms with Gasteiger partial charge in [-0.3, -0.25) is 0 Å². The van der Waals surface area contributed by atoms with Crippen LogP contribution in [-0.4, -0.2) is 236 Å². The molecule has 0 atom stereocenters. The molecule has 90 heteroatoms. The molecule has 12 nitrogen and oxygen atoms in total. The Kier molecular flexibility index (Phi) is 31.2. The lowest BCUT2D eigenvalue weighted by atomic mass is 10.2. The normalized spacial score (nSPS) is 17.2. The Morgan fingerprint density at radius 2 is 0.163 bits per heavy atom. The van der Waals surface area contributed by atoms with Crippen molar-refractivity contribution >= 4 is 11.6 Å². The first kappa shape index (κ1) is 123. The third-order valence-corrected chi connectivity index (χ3v) is 12.8. The van der Waals surface area contributed by atoms with E-state index in [-0.39, 0.29) is 0 Å². The van der Waals surface area contributed by atoms with Crippen LogP contribution in [0.4, 0.5) is 338 Å². The van der Waals surface area contributed by atoms with E-state index >= 15 is 0 Å². The average Bonchev–Trinajstić information content (AvgIpc) is 0.720. The minimum Gasteiger partial charge on any atom is -0.245 e. The van der Waals surface area contributed by atoms with Gasteiger partial charge in [0, 0.05) is 0 Å². The second-order valence-corrected chi connectivity index (χ2v) is 22.1. The van der Waals surface area contributed by atoms with Gasteiger partial charge in [-0.1, -0.05) is 0 Å². The summed E-state index contributed by atoms with van der Waals surface area (Å²) in [6.45, 7) is 0. The van der Waals surface area contributed by atoms with Crippen LogP contribution < -0.4 is 0 Å². The third kappa shape index (κ3) is 20.5. The highest BCUT2D eigenvalue weighted by molar-refractivity contribution is 6.18. The fourth-order valence-electron chi connectivity index (χ4n) is 5.59. The van der Waals surface area contributed by atoms with Crippen molar-refractivity contribution in [2.75, 3.05) is 5.88 Å². The van der Waals surface area contributed by atoms with Crippen LogP contribution in [0.3, 0.4) is 0 Å². The number of hydrogen-bond acceptors (Lipinski definition) is 12. The van der Waals surface area contributed by atoms with Crippen molar-refractivity contribution in [1.29, 1.82) is 0 Å². The van der Waals surface area contributed by atoms with Gasteiger partial charge in [-0.25, -0.2) is 56.8 Å². The van der Waals surface area contributed by atoms with Crippen LogP contribution in [0.5, 0.6) is 0 Å². The first-order valence-corrected chi connectivity index (χ1v) is 26.9. The smallest absolute Gasteiger partial charge is 0.245 e. The second kappa shape index (κ2) is 32.6. The molecule has 0 aromatic carbocycles. The van der Waals surface area contributed by atoms with Gasteiger partial charge in [-0.15, -0.1) is 11.6 Å². The molecule has 0 aliphatic carbocycles. The molecule has 0 amide bonds. The van der Waals surface area contributed by atoms with E-state index in [1.807, 2.05) is 0 Å². The van der Waals surface area contributed by atoms with Crippen molar-refractivity contribution in [2.45, 2.75) is 230 Å². The molecule has 129 heavy (non-hydrogen) atoms. The van der Waals surface area contributed by atoms with Crippen LogP contribution in [0, 0.1) is 0 Å². The summed E-state index contributed by atoms with van der Waals surface area (Å²) in [6.07, 6.45) is -233. The molecule has 0 unspecified atom stereocenters. The summed E-state index contributed by atoms with van der Waals surface area (Å²) >= 11 is 4.04. The van der Waals surface area contributed by atoms with E-state index in [9.17, 15) is 338 Å².